The Labute approximate surface area is 163 Å². The Morgan fingerprint density at radius 3 is 2.68 bits per heavy atom. The van der Waals surface area contributed by atoms with Crippen LogP contribution < -0.4 is 10.1 Å². The molecule has 1 amide bonds. The summed E-state index contributed by atoms with van der Waals surface area (Å²) in [4.78, 5) is 29.9. The van der Waals surface area contributed by atoms with Gasteiger partial charge in [-0.15, -0.1) is 0 Å². The number of rotatable bonds is 5. The number of H-pyrrole nitrogens is 1. The normalized spacial score (nSPS) is 16.4. The van der Waals surface area contributed by atoms with Gasteiger partial charge in [0.15, 0.2) is 0 Å². The molecule has 0 bridgehead atoms. The van der Waals surface area contributed by atoms with Gasteiger partial charge in [0.2, 0.25) is 5.91 Å². The summed E-state index contributed by atoms with van der Waals surface area (Å²) in [6, 6.07) is 8.30. The summed E-state index contributed by atoms with van der Waals surface area (Å²) in [5, 5.41) is 2.81. The maximum absolute atomic E-state index is 11.3. The van der Waals surface area contributed by atoms with E-state index in [1.54, 1.807) is 25.8 Å². The number of hydrogen-bond acceptors (Lipinski definition) is 6. The molecule has 2 N–H and O–H groups in total. The summed E-state index contributed by atoms with van der Waals surface area (Å²) in [7, 11) is 1.55. The number of carbonyl (C=O) groups excluding carboxylic acids is 1. The van der Waals surface area contributed by atoms with E-state index in [4.69, 9.17) is 4.74 Å². The van der Waals surface area contributed by atoms with Gasteiger partial charge in [0, 0.05) is 55.8 Å². The Balaban J connectivity index is 1.62. The van der Waals surface area contributed by atoms with E-state index in [2.05, 4.69) is 30.2 Å². The topological polar surface area (TPSA) is 96.0 Å². The molecule has 4 rings (SSSR count). The van der Waals surface area contributed by atoms with Crippen LogP contribution in [0.5, 0.6) is 6.01 Å². The van der Waals surface area contributed by atoms with Gasteiger partial charge >= 0.3 is 6.01 Å². The highest BCUT2D eigenvalue weighted by Crippen LogP contribution is 2.34. The monoisotopic (exact) mass is 378 g/mol. The summed E-state index contributed by atoms with van der Waals surface area (Å²) < 4.78 is 5.04. The van der Waals surface area contributed by atoms with E-state index in [9.17, 15) is 4.79 Å². The molecule has 144 valence electrons. The molecule has 0 fully saturated rings. The van der Waals surface area contributed by atoms with Gasteiger partial charge in [-0.1, -0.05) is 12.1 Å². The van der Waals surface area contributed by atoms with Gasteiger partial charge in [-0.3, -0.25) is 9.69 Å². The number of nitrogens with one attached hydrogen (secondary N) is 2. The van der Waals surface area contributed by atoms with Gasteiger partial charge in [-0.2, -0.15) is 0 Å². The first-order valence-electron chi connectivity index (χ1n) is 9.12. The van der Waals surface area contributed by atoms with Crippen LogP contribution in [0.2, 0.25) is 0 Å². The average Bonchev–Trinajstić information content (AvgIpc) is 3.17. The molecular weight excluding hydrogens is 356 g/mol. The smallest absolute Gasteiger partial charge is 0.316 e. The minimum absolute atomic E-state index is 0.0171. The van der Waals surface area contributed by atoms with Crippen molar-refractivity contribution in [2.45, 2.75) is 25.9 Å². The number of carbonyl (C=O) groups is 1. The van der Waals surface area contributed by atoms with Gasteiger partial charge in [0.05, 0.1) is 25.2 Å². The van der Waals surface area contributed by atoms with Crippen LogP contribution in [0.1, 0.15) is 35.5 Å². The van der Waals surface area contributed by atoms with Crippen molar-refractivity contribution in [1.82, 2.24) is 24.8 Å². The molecular formula is C20H22N6O2. The van der Waals surface area contributed by atoms with Crippen LogP contribution in [-0.4, -0.2) is 44.4 Å². The third-order valence-corrected chi connectivity index (χ3v) is 4.82. The van der Waals surface area contributed by atoms with Crippen LogP contribution >= 0.6 is 0 Å². The van der Waals surface area contributed by atoms with Crippen molar-refractivity contribution in [2.75, 3.05) is 19.0 Å². The minimum atomic E-state index is -0.0823. The van der Waals surface area contributed by atoms with E-state index in [0.29, 0.717) is 12.6 Å². The van der Waals surface area contributed by atoms with Crippen molar-refractivity contribution in [3.05, 3.63) is 65.5 Å². The molecule has 1 aliphatic heterocycles. The third kappa shape index (κ3) is 3.72. The van der Waals surface area contributed by atoms with Crippen LogP contribution in [0.15, 0.2) is 43.0 Å². The fourth-order valence-corrected chi connectivity index (χ4v) is 3.58. The quantitative estimate of drug-likeness (QED) is 0.707. The fourth-order valence-electron chi connectivity index (χ4n) is 3.58. The zero-order valence-corrected chi connectivity index (χ0v) is 15.8. The fraction of sp³-hybridized carbons (Fsp3) is 0.300. The van der Waals surface area contributed by atoms with Crippen LogP contribution in [0.25, 0.3) is 0 Å². The zero-order chi connectivity index (χ0) is 19.5. The molecule has 0 saturated heterocycles. The number of aromatic amines is 1. The number of hydrogen-bond donors (Lipinski definition) is 2. The van der Waals surface area contributed by atoms with E-state index in [1.807, 2.05) is 24.3 Å². The molecule has 0 unspecified atom stereocenters. The van der Waals surface area contributed by atoms with E-state index in [0.717, 1.165) is 41.2 Å². The number of nitrogens with zero attached hydrogens (tertiary/aromatic N) is 4. The number of methoxy groups -OCH3 is 1. The number of aromatic nitrogens is 4. The molecule has 0 aliphatic carbocycles. The van der Waals surface area contributed by atoms with Crippen LogP contribution in [0.3, 0.4) is 0 Å². The standard InChI is InChI=1S/C20H22N6O2/c1-13(27)25-16-5-3-15(4-6-16)19-18-17(23-12-24-18)7-8-26(19)11-14-9-21-20(28-2)22-10-14/h3-6,9-10,12,19H,7-8,11H2,1-2H3,(H,23,24)(H,25,27)/t19-/m0/s1. The predicted octanol–water partition coefficient (Wildman–Crippen LogP) is 2.31. The van der Waals surface area contributed by atoms with Crippen LogP contribution in [0.4, 0.5) is 5.69 Å². The van der Waals surface area contributed by atoms with Crippen molar-refractivity contribution in [3.63, 3.8) is 0 Å². The SMILES string of the molecule is COc1ncc(CN2CCc3[nH]cnc3[C@@H]2c2ccc(NC(C)=O)cc2)cn1. The van der Waals surface area contributed by atoms with Crippen molar-refractivity contribution >= 4 is 11.6 Å². The van der Waals surface area contributed by atoms with E-state index < -0.39 is 0 Å². The Morgan fingerprint density at radius 1 is 1.25 bits per heavy atom. The second-order valence-corrected chi connectivity index (χ2v) is 6.77. The molecule has 2 aromatic heterocycles. The first-order chi connectivity index (χ1) is 13.6. The number of anilines is 1. The number of imidazole rings is 1. The Hall–Kier alpha value is -3.26. The molecule has 0 saturated carbocycles. The molecule has 1 atom stereocenters. The van der Waals surface area contributed by atoms with Crippen molar-refractivity contribution < 1.29 is 9.53 Å². The molecule has 8 nitrogen and oxygen atoms in total. The molecule has 1 aliphatic rings. The van der Waals surface area contributed by atoms with E-state index >= 15 is 0 Å². The lowest BCUT2D eigenvalue weighted by atomic mass is 9.95. The molecule has 0 spiro atoms. The van der Waals surface area contributed by atoms with Gasteiger partial charge in [0.1, 0.15) is 0 Å². The van der Waals surface area contributed by atoms with E-state index in [-0.39, 0.29) is 11.9 Å². The molecule has 3 heterocycles. The van der Waals surface area contributed by atoms with E-state index in [1.165, 1.54) is 6.92 Å². The van der Waals surface area contributed by atoms with Crippen LogP contribution in [-0.2, 0) is 17.8 Å². The molecule has 3 aromatic rings. The lowest BCUT2D eigenvalue weighted by Gasteiger charge is -2.35. The van der Waals surface area contributed by atoms with Gasteiger partial charge in [-0.25, -0.2) is 15.0 Å². The molecule has 1 aromatic carbocycles. The van der Waals surface area contributed by atoms with Crippen LogP contribution in [0, 0.1) is 0 Å². The molecule has 28 heavy (non-hydrogen) atoms. The molecule has 0 radical (unpaired) electrons. The second-order valence-electron chi connectivity index (χ2n) is 6.77. The van der Waals surface area contributed by atoms with Gasteiger partial charge in [0.25, 0.3) is 0 Å². The summed E-state index contributed by atoms with van der Waals surface area (Å²) in [6.07, 6.45) is 6.25. The highest BCUT2D eigenvalue weighted by Gasteiger charge is 2.31. The largest absolute Gasteiger partial charge is 0.467 e. The highest BCUT2D eigenvalue weighted by molar-refractivity contribution is 5.88. The maximum atomic E-state index is 11.3. The summed E-state index contributed by atoms with van der Waals surface area (Å²) in [6.45, 7) is 3.09. The second kappa shape index (κ2) is 7.77. The summed E-state index contributed by atoms with van der Waals surface area (Å²) in [5.41, 5.74) is 5.12. The number of ether oxygens (including phenoxy) is 1. The Bertz CT molecular complexity index is 952. The van der Waals surface area contributed by atoms with Gasteiger partial charge < -0.3 is 15.0 Å². The van der Waals surface area contributed by atoms with Crippen molar-refractivity contribution in [2.24, 2.45) is 0 Å². The third-order valence-electron chi connectivity index (χ3n) is 4.82. The van der Waals surface area contributed by atoms with Crippen molar-refractivity contribution in [3.8, 4) is 6.01 Å². The molecule has 8 heteroatoms. The maximum Gasteiger partial charge on any atom is 0.316 e. The number of amides is 1. The first-order valence-corrected chi connectivity index (χ1v) is 9.12. The number of benzene rings is 1. The zero-order valence-electron chi connectivity index (χ0n) is 15.8. The predicted molar refractivity (Wildman–Crippen MR) is 104 cm³/mol. The Morgan fingerprint density at radius 2 is 2.00 bits per heavy atom. The van der Waals surface area contributed by atoms with Crippen molar-refractivity contribution in [1.29, 1.82) is 0 Å². The lowest BCUT2D eigenvalue weighted by Crippen LogP contribution is -2.35. The summed E-state index contributed by atoms with van der Waals surface area (Å²) in [5.74, 6) is -0.0823. The minimum Gasteiger partial charge on any atom is -0.467 e. The van der Waals surface area contributed by atoms with Gasteiger partial charge in [-0.05, 0) is 17.7 Å². The first kappa shape index (κ1) is 18.1. The number of fused-ring (bicyclic) bond motifs is 1. The average molecular weight is 378 g/mol. The Kier molecular flexibility index (Phi) is 5.03. The lowest BCUT2D eigenvalue weighted by molar-refractivity contribution is -0.114. The highest BCUT2D eigenvalue weighted by atomic mass is 16.5. The summed E-state index contributed by atoms with van der Waals surface area (Å²) >= 11 is 0.